The highest BCUT2D eigenvalue weighted by Crippen LogP contribution is 2.35. The number of furan rings is 1. The molecule has 78 valence electrons. The van der Waals surface area contributed by atoms with Crippen LogP contribution in [0.4, 0.5) is 0 Å². The summed E-state index contributed by atoms with van der Waals surface area (Å²) >= 11 is 3.19. The Hall–Kier alpha value is -1.49. The van der Waals surface area contributed by atoms with Crippen LogP contribution in [0.3, 0.4) is 0 Å². The lowest BCUT2D eigenvalue weighted by atomic mass is 10.2. The van der Waals surface area contributed by atoms with Crippen molar-refractivity contribution in [3.63, 3.8) is 0 Å². The molecule has 0 aliphatic heterocycles. The summed E-state index contributed by atoms with van der Waals surface area (Å²) in [6.07, 6.45) is 0. The van der Waals surface area contributed by atoms with Crippen molar-refractivity contribution in [2.75, 3.05) is 7.11 Å². The number of aromatic carboxylic acids is 1. The summed E-state index contributed by atoms with van der Waals surface area (Å²) in [5.74, 6) is -0.713. The number of rotatable bonds is 2. The molecule has 0 fully saturated rings. The second-order valence-electron chi connectivity index (χ2n) is 2.89. The molecule has 4 nitrogen and oxygen atoms in total. The van der Waals surface area contributed by atoms with E-state index >= 15 is 0 Å². The summed E-state index contributed by atoms with van der Waals surface area (Å²) in [4.78, 5) is 10.8. The number of fused-ring (bicyclic) bond motifs is 1. The SMILES string of the molecule is COc1cccc2c(Br)c(C(=O)O)oc12. The highest BCUT2D eigenvalue weighted by Gasteiger charge is 2.19. The molecule has 0 saturated carbocycles. The molecule has 1 N–H and O–H groups in total. The number of hydrogen-bond donors (Lipinski definition) is 1. The normalized spacial score (nSPS) is 10.5. The number of hydrogen-bond acceptors (Lipinski definition) is 3. The third-order valence-electron chi connectivity index (χ3n) is 2.03. The van der Waals surface area contributed by atoms with Gasteiger partial charge in [0.15, 0.2) is 11.3 Å². The van der Waals surface area contributed by atoms with E-state index in [-0.39, 0.29) is 5.76 Å². The molecular weight excluding hydrogens is 264 g/mol. The van der Waals surface area contributed by atoms with Gasteiger partial charge in [-0.15, -0.1) is 0 Å². The smallest absolute Gasteiger partial charge is 0.373 e. The number of ether oxygens (including phenoxy) is 1. The van der Waals surface area contributed by atoms with Gasteiger partial charge in [0.1, 0.15) is 0 Å². The first-order valence-corrected chi connectivity index (χ1v) is 4.92. The van der Waals surface area contributed by atoms with Crippen molar-refractivity contribution in [1.29, 1.82) is 0 Å². The van der Waals surface area contributed by atoms with E-state index < -0.39 is 5.97 Å². The molecule has 0 spiro atoms. The number of benzene rings is 1. The molecule has 1 aromatic heterocycles. The zero-order valence-corrected chi connectivity index (χ0v) is 9.37. The Morgan fingerprint density at radius 2 is 2.27 bits per heavy atom. The average molecular weight is 271 g/mol. The van der Waals surface area contributed by atoms with Gasteiger partial charge in [-0.1, -0.05) is 6.07 Å². The molecular formula is C10H7BrO4. The Bertz CT molecular complexity index is 529. The summed E-state index contributed by atoms with van der Waals surface area (Å²) in [5, 5.41) is 9.55. The van der Waals surface area contributed by atoms with Crippen LogP contribution >= 0.6 is 15.9 Å². The zero-order valence-electron chi connectivity index (χ0n) is 7.78. The molecule has 0 amide bonds. The molecule has 5 heteroatoms. The maximum Gasteiger partial charge on any atom is 0.373 e. The van der Waals surface area contributed by atoms with Crippen LogP contribution in [-0.4, -0.2) is 18.2 Å². The average Bonchev–Trinajstić information content (AvgIpc) is 2.56. The molecule has 1 aromatic carbocycles. The largest absolute Gasteiger partial charge is 0.493 e. The van der Waals surface area contributed by atoms with E-state index in [0.717, 1.165) is 0 Å². The number of carboxylic acids is 1. The van der Waals surface area contributed by atoms with E-state index in [1.807, 2.05) is 0 Å². The summed E-state index contributed by atoms with van der Waals surface area (Å²) in [5.41, 5.74) is 0.435. The fraction of sp³-hybridized carbons (Fsp3) is 0.100. The second kappa shape index (κ2) is 3.58. The van der Waals surface area contributed by atoms with Gasteiger partial charge in [0.25, 0.3) is 0 Å². The molecule has 0 saturated heterocycles. The minimum Gasteiger partial charge on any atom is -0.493 e. The van der Waals surface area contributed by atoms with Gasteiger partial charge in [-0.25, -0.2) is 4.79 Å². The third-order valence-corrected chi connectivity index (χ3v) is 2.82. The predicted molar refractivity (Wildman–Crippen MR) is 57.4 cm³/mol. The predicted octanol–water partition coefficient (Wildman–Crippen LogP) is 2.90. The van der Waals surface area contributed by atoms with Gasteiger partial charge >= 0.3 is 5.97 Å². The third kappa shape index (κ3) is 1.48. The first-order chi connectivity index (χ1) is 7.15. The van der Waals surface area contributed by atoms with Crippen molar-refractivity contribution in [2.24, 2.45) is 0 Å². The van der Waals surface area contributed by atoms with Gasteiger partial charge in [-0.3, -0.25) is 0 Å². The fourth-order valence-corrected chi connectivity index (χ4v) is 1.92. The molecule has 15 heavy (non-hydrogen) atoms. The molecule has 0 atom stereocenters. The standard InChI is InChI=1S/C10H7BrO4/c1-14-6-4-2-3-5-7(11)9(10(12)13)15-8(5)6/h2-4H,1H3,(H,12,13). The lowest BCUT2D eigenvalue weighted by Crippen LogP contribution is -1.93. The van der Waals surface area contributed by atoms with Crippen molar-refractivity contribution < 1.29 is 19.1 Å². The van der Waals surface area contributed by atoms with E-state index in [1.54, 1.807) is 18.2 Å². The highest BCUT2D eigenvalue weighted by molar-refractivity contribution is 9.10. The van der Waals surface area contributed by atoms with E-state index in [2.05, 4.69) is 15.9 Å². The first-order valence-electron chi connectivity index (χ1n) is 4.13. The molecule has 2 rings (SSSR count). The Balaban J connectivity index is 2.81. The number of carbonyl (C=O) groups is 1. The van der Waals surface area contributed by atoms with Crippen LogP contribution in [0.15, 0.2) is 27.1 Å². The zero-order chi connectivity index (χ0) is 11.0. The Morgan fingerprint density at radius 1 is 1.53 bits per heavy atom. The summed E-state index contributed by atoms with van der Waals surface area (Å²) < 4.78 is 10.7. The van der Waals surface area contributed by atoms with Gasteiger partial charge in [0.2, 0.25) is 5.76 Å². The van der Waals surface area contributed by atoms with Crippen LogP contribution in [0.1, 0.15) is 10.6 Å². The molecule has 0 aliphatic carbocycles. The van der Waals surface area contributed by atoms with Crippen molar-refractivity contribution in [1.82, 2.24) is 0 Å². The van der Waals surface area contributed by atoms with Crippen LogP contribution in [0.2, 0.25) is 0 Å². The van der Waals surface area contributed by atoms with E-state index in [1.165, 1.54) is 7.11 Å². The Labute approximate surface area is 93.6 Å². The van der Waals surface area contributed by atoms with Crippen molar-refractivity contribution in [3.05, 3.63) is 28.4 Å². The first kappa shape index (κ1) is 10.0. The maximum absolute atomic E-state index is 10.8. The second-order valence-corrected chi connectivity index (χ2v) is 3.68. The van der Waals surface area contributed by atoms with Crippen LogP contribution in [0.25, 0.3) is 11.0 Å². The summed E-state index contributed by atoms with van der Waals surface area (Å²) in [6, 6.07) is 5.24. The molecule has 0 radical (unpaired) electrons. The van der Waals surface area contributed by atoms with E-state index in [4.69, 9.17) is 14.3 Å². The Kier molecular flexibility index (Phi) is 2.40. The monoisotopic (exact) mass is 270 g/mol. The molecule has 0 unspecified atom stereocenters. The maximum atomic E-state index is 10.8. The van der Waals surface area contributed by atoms with Gasteiger partial charge < -0.3 is 14.3 Å². The molecule has 1 heterocycles. The van der Waals surface area contributed by atoms with Crippen molar-refractivity contribution >= 4 is 32.9 Å². The van der Waals surface area contributed by atoms with Crippen LogP contribution in [-0.2, 0) is 0 Å². The molecule has 2 aromatic rings. The van der Waals surface area contributed by atoms with Gasteiger partial charge in [0, 0.05) is 5.39 Å². The number of halogens is 1. The highest BCUT2D eigenvalue weighted by atomic mass is 79.9. The van der Waals surface area contributed by atoms with E-state index in [0.29, 0.717) is 21.2 Å². The van der Waals surface area contributed by atoms with Crippen molar-refractivity contribution in [3.8, 4) is 5.75 Å². The topological polar surface area (TPSA) is 59.7 Å². The molecule has 0 bridgehead atoms. The number of methoxy groups -OCH3 is 1. The fourth-order valence-electron chi connectivity index (χ4n) is 1.36. The Morgan fingerprint density at radius 3 is 2.87 bits per heavy atom. The number of para-hydroxylation sites is 1. The lowest BCUT2D eigenvalue weighted by Gasteiger charge is -1.98. The quantitative estimate of drug-likeness (QED) is 0.912. The van der Waals surface area contributed by atoms with Crippen LogP contribution in [0, 0.1) is 0 Å². The lowest BCUT2D eigenvalue weighted by molar-refractivity contribution is 0.0663. The van der Waals surface area contributed by atoms with E-state index in [9.17, 15) is 4.79 Å². The van der Waals surface area contributed by atoms with Crippen LogP contribution < -0.4 is 4.74 Å². The summed E-state index contributed by atoms with van der Waals surface area (Å²) in [6.45, 7) is 0. The minimum absolute atomic E-state index is 0.116. The minimum atomic E-state index is -1.11. The van der Waals surface area contributed by atoms with Gasteiger partial charge in [-0.05, 0) is 28.1 Å². The number of carboxylic acid groups (broad SMARTS) is 1. The van der Waals surface area contributed by atoms with Crippen molar-refractivity contribution in [2.45, 2.75) is 0 Å². The van der Waals surface area contributed by atoms with Gasteiger partial charge in [-0.2, -0.15) is 0 Å². The van der Waals surface area contributed by atoms with Crippen LogP contribution in [0.5, 0.6) is 5.75 Å². The van der Waals surface area contributed by atoms with Gasteiger partial charge in [0.05, 0.1) is 11.6 Å². The molecule has 0 aliphatic rings. The summed E-state index contributed by atoms with van der Waals surface area (Å²) in [7, 11) is 1.51.